The van der Waals surface area contributed by atoms with Gasteiger partial charge in [0.2, 0.25) is 5.96 Å². The van der Waals surface area contributed by atoms with E-state index in [0.717, 1.165) is 34.7 Å². The summed E-state index contributed by atoms with van der Waals surface area (Å²) in [4.78, 5) is 17.4. The summed E-state index contributed by atoms with van der Waals surface area (Å²) in [5.74, 6) is 0.208. The number of nitrogens with zero attached hydrogens (tertiary/aromatic N) is 3. The highest BCUT2D eigenvalue weighted by atomic mass is 16.1. The molecule has 3 aromatic rings. The largest absolute Gasteiger partial charge is 0.326 e. The van der Waals surface area contributed by atoms with Crippen LogP contribution in [0.1, 0.15) is 39.8 Å². The number of hydrogen-bond donors (Lipinski definition) is 2. The van der Waals surface area contributed by atoms with Gasteiger partial charge in [-0.15, -0.1) is 0 Å². The van der Waals surface area contributed by atoms with E-state index in [1.165, 1.54) is 0 Å². The number of aliphatic imine (C=N–C) groups is 1. The lowest BCUT2D eigenvalue weighted by Crippen LogP contribution is -2.36. The van der Waals surface area contributed by atoms with E-state index >= 15 is 0 Å². The van der Waals surface area contributed by atoms with Crippen LogP contribution in [0, 0.1) is 20.8 Å². The molecule has 1 aromatic heterocycles. The number of benzene rings is 2. The van der Waals surface area contributed by atoms with Gasteiger partial charge in [0.25, 0.3) is 5.91 Å². The number of carbonyl (C=O) groups excluding carboxylic acids is 1. The number of rotatable bonds is 5. The van der Waals surface area contributed by atoms with E-state index < -0.39 is 0 Å². The molecule has 1 amide bonds. The summed E-state index contributed by atoms with van der Waals surface area (Å²) >= 11 is 0. The van der Waals surface area contributed by atoms with Crippen LogP contribution in [0.3, 0.4) is 0 Å². The average molecular weight is 390 g/mol. The fraction of sp³-hybridized carbons (Fsp3) is 0.261. The van der Waals surface area contributed by atoms with Crippen molar-refractivity contribution in [1.82, 2.24) is 15.1 Å². The quantitative estimate of drug-likeness (QED) is 0.507. The van der Waals surface area contributed by atoms with Crippen molar-refractivity contribution in [2.75, 3.05) is 5.32 Å². The second kappa shape index (κ2) is 9.19. The highest BCUT2D eigenvalue weighted by Gasteiger charge is 2.13. The first kappa shape index (κ1) is 20.3. The Morgan fingerprint density at radius 2 is 1.83 bits per heavy atom. The maximum absolute atomic E-state index is 12.7. The van der Waals surface area contributed by atoms with Crippen LogP contribution in [-0.4, -0.2) is 21.6 Å². The SMILES string of the molecule is CCn1nc(C)c(CN=C(NC(=O)c2cccc(C)c2)Nc2ccccc2)c1C. The third-order valence-corrected chi connectivity index (χ3v) is 4.77. The van der Waals surface area contributed by atoms with Gasteiger partial charge in [-0.2, -0.15) is 5.10 Å². The van der Waals surface area contributed by atoms with Crippen LogP contribution in [0.5, 0.6) is 0 Å². The number of anilines is 1. The summed E-state index contributed by atoms with van der Waals surface area (Å²) in [6.07, 6.45) is 0. The number of para-hydroxylation sites is 1. The fourth-order valence-electron chi connectivity index (χ4n) is 3.16. The summed E-state index contributed by atoms with van der Waals surface area (Å²) < 4.78 is 1.97. The van der Waals surface area contributed by atoms with E-state index in [0.29, 0.717) is 18.1 Å². The van der Waals surface area contributed by atoms with Crippen molar-refractivity contribution < 1.29 is 4.79 Å². The number of nitrogens with one attached hydrogen (secondary N) is 2. The summed E-state index contributed by atoms with van der Waals surface area (Å²) in [6.45, 7) is 9.31. The lowest BCUT2D eigenvalue weighted by Gasteiger charge is -2.12. The lowest BCUT2D eigenvalue weighted by molar-refractivity contribution is 0.0977. The molecule has 6 nitrogen and oxygen atoms in total. The van der Waals surface area contributed by atoms with Crippen molar-refractivity contribution in [3.63, 3.8) is 0 Å². The first-order valence-corrected chi connectivity index (χ1v) is 9.75. The van der Waals surface area contributed by atoms with E-state index in [1.807, 2.05) is 74.0 Å². The number of amides is 1. The molecule has 0 spiro atoms. The molecule has 0 aliphatic rings. The Hall–Kier alpha value is -3.41. The Labute approximate surface area is 171 Å². The maximum atomic E-state index is 12.7. The van der Waals surface area contributed by atoms with Crippen LogP contribution < -0.4 is 10.6 Å². The molecule has 0 atom stereocenters. The number of carbonyl (C=O) groups is 1. The zero-order chi connectivity index (χ0) is 20.8. The van der Waals surface area contributed by atoms with Gasteiger partial charge in [-0.3, -0.25) is 14.8 Å². The van der Waals surface area contributed by atoms with Crippen molar-refractivity contribution in [3.8, 4) is 0 Å². The molecule has 3 rings (SSSR count). The summed E-state index contributed by atoms with van der Waals surface area (Å²) in [7, 11) is 0. The number of aryl methyl sites for hydroxylation is 3. The molecule has 0 aliphatic carbocycles. The van der Waals surface area contributed by atoms with E-state index in [2.05, 4.69) is 27.6 Å². The van der Waals surface area contributed by atoms with Gasteiger partial charge in [-0.1, -0.05) is 35.9 Å². The molecule has 0 saturated heterocycles. The molecule has 2 N–H and O–H groups in total. The highest BCUT2D eigenvalue weighted by molar-refractivity contribution is 6.10. The molecule has 0 radical (unpaired) electrons. The molecule has 150 valence electrons. The number of hydrogen-bond acceptors (Lipinski definition) is 3. The monoisotopic (exact) mass is 389 g/mol. The minimum Gasteiger partial charge on any atom is -0.326 e. The topological polar surface area (TPSA) is 71.3 Å². The normalized spacial score (nSPS) is 11.4. The number of aromatic nitrogens is 2. The second-order valence-electron chi connectivity index (χ2n) is 6.94. The smallest absolute Gasteiger partial charge is 0.257 e. The lowest BCUT2D eigenvalue weighted by atomic mass is 10.1. The van der Waals surface area contributed by atoms with Crippen LogP contribution in [0.2, 0.25) is 0 Å². The van der Waals surface area contributed by atoms with Gasteiger partial charge in [0, 0.05) is 29.1 Å². The summed E-state index contributed by atoms with van der Waals surface area (Å²) in [5, 5.41) is 10.7. The molecule has 0 bridgehead atoms. The molecular weight excluding hydrogens is 362 g/mol. The molecule has 0 fully saturated rings. The van der Waals surface area contributed by atoms with Crippen LogP contribution in [0.15, 0.2) is 59.6 Å². The Balaban J connectivity index is 1.85. The first-order valence-electron chi connectivity index (χ1n) is 9.75. The van der Waals surface area contributed by atoms with Crippen molar-refractivity contribution in [2.24, 2.45) is 4.99 Å². The second-order valence-corrected chi connectivity index (χ2v) is 6.94. The van der Waals surface area contributed by atoms with Crippen molar-refractivity contribution >= 4 is 17.6 Å². The molecule has 0 unspecified atom stereocenters. The van der Waals surface area contributed by atoms with E-state index in [-0.39, 0.29) is 5.91 Å². The molecule has 29 heavy (non-hydrogen) atoms. The maximum Gasteiger partial charge on any atom is 0.257 e. The molecule has 0 aliphatic heterocycles. The van der Waals surface area contributed by atoms with Gasteiger partial charge in [0.15, 0.2) is 0 Å². The predicted octanol–water partition coefficient (Wildman–Crippen LogP) is 4.23. The summed E-state index contributed by atoms with van der Waals surface area (Å²) in [5.41, 5.74) is 5.61. The van der Waals surface area contributed by atoms with Crippen LogP contribution >= 0.6 is 0 Å². The molecule has 0 saturated carbocycles. The van der Waals surface area contributed by atoms with E-state index in [1.54, 1.807) is 6.07 Å². The van der Waals surface area contributed by atoms with Crippen LogP contribution in [-0.2, 0) is 13.1 Å². The van der Waals surface area contributed by atoms with Crippen molar-refractivity contribution in [1.29, 1.82) is 0 Å². The van der Waals surface area contributed by atoms with Gasteiger partial charge in [0.05, 0.1) is 12.2 Å². The standard InChI is InChI=1S/C23H27N5O/c1-5-28-18(4)21(17(3)27-28)15-24-23(25-20-12-7-6-8-13-20)26-22(29)19-11-9-10-16(2)14-19/h6-14H,5,15H2,1-4H3,(H2,24,25,26,29). The van der Waals surface area contributed by atoms with E-state index in [4.69, 9.17) is 0 Å². The Morgan fingerprint density at radius 1 is 1.07 bits per heavy atom. The molecule has 6 heteroatoms. The summed E-state index contributed by atoms with van der Waals surface area (Å²) in [6, 6.07) is 17.2. The van der Waals surface area contributed by atoms with Crippen LogP contribution in [0.4, 0.5) is 5.69 Å². The fourth-order valence-corrected chi connectivity index (χ4v) is 3.16. The Morgan fingerprint density at radius 3 is 2.48 bits per heavy atom. The van der Waals surface area contributed by atoms with Gasteiger partial charge in [-0.05, 0) is 52.0 Å². The van der Waals surface area contributed by atoms with Crippen molar-refractivity contribution in [3.05, 3.63) is 82.7 Å². The molecule has 2 aromatic carbocycles. The first-order chi connectivity index (χ1) is 14.0. The third kappa shape index (κ3) is 5.10. The highest BCUT2D eigenvalue weighted by Crippen LogP contribution is 2.14. The number of guanidine groups is 1. The van der Waals surface area contributed by atoms with Gasteiger partial charge in [0.1, 0.15) is 0 Å². The van der Waals surface area contributed by atoms with Gasteiger partial charge in [-0.25, -0.2) is 4.99 Å². The third-order valence-electron chi connectivity index (χ3n) is 4.77. The van der Waals surface area contributed by atoms with Crippen molar-refractivity contribution in [2.45, 2.75) is 40.8 Å². The van der Waals surface area contributed by atoms with E-state index in [9.17, 15) is 4.79 Å². The molecule has 1 heterocycles. The average Bonchev–Trinajstić information content (AvgIpc) is 2.99. The Kier molecular flexibility index (Phi) is 6.44. The predicted molar refractivity (Wildman–Crippen MR) is 117 cm³/mol. The Bertz CT molecular complexity index is 1020. The van der Waals surface area contributed by atoms with Crippen LogP contribution in [0.25, 0.3) is 0 Å². The van der Waals surface area contributed by atoms with Gasteiger partial charge >= 0.3 is 0 Å². The minimum absolute atomic E-state index is 0.200. The zero-order valence-electron chi connectivity index (χ0n) is 17.4. The van der Waals surface area contributed by atoms with Gasteiger partial charge < -0.3 is 5.32 Å². The zero-order valence-corrected chi connectivity index (χ0v) is 17.4. The molecular formula is C23H27N5O. The minimum atomic E-state index is -0.200.